The summed E-state index contributed by atoms with van der Waals surface area (Å²) in [4.78, 5) is 17.5. The molecule has 3 heterocycles. The van der Waals surface area contributed by atoms with Gasteiger partial charge in [-0.1, -0.05) is 0 Å². The number of aromatic nitrogens is 4. The van der Waals surface area contributed by atoms with Crippen molar-refractivity contribution in [1.29, 1.82) is 0 Å². The average Bonchev–Trinajstić information content (AvgIpc) is 3.02. The fraction of sp³-hybridized carbons (Fsp3) is 0.545. The summed E-state index contributed by atoms with van der Waals surface area (Å²) in [5.74, 6) is 0.377. The number of fused-ring (bicyclic) bond motifs is 1. The Morgan fingerprint density at radius 3 is 2.82 bits per heavy atom. The maximum absolute atomic E-state index is 10.1. The number of aliphatic hydroxyl groups excluding tert-OH is 3. The molecule has 0 bridgehead atoms. The van der Waals surface area contributed by atoms with Gasteiger partial charge in [-0.25, -0.2) is 20.4 Å². The second kappa shape index (κ2) is 6.17. The van der Waals surface area contributed by atoms with Crippen molar-refractivity contribution in [3.63, 3.8) is 0 Å². The first-order valence-corrected chi connectivity index (χ1v) is 7.46. The van der Waals surface area contributed by atoms with Crippen LogP contribution in [0.25, 0.3) is 11.2 Å². The number of imidazole rings is 1. The molecule has 4 unspecified atom stereocenters. The summed E-state index contributed by atoms with van der Waals surface area (Å²) in [6.45, 7) is -0.398. The van der Waals surface area contributed by atoms with Crippen LogP contribution in [-0.2, 0) is 9.57 Å². The van der Waals surface area contributed by atoms with Crippen molar-refractivity contribution < 1.29 is 24.9 Å². The molecule has 0 radical (unpaired) electrons. The van der Waals surface area contributed by atoms with Crippen LogP contribution < -0.4 is 5.48 Å². The molecule has 0 amide bonds. The van der Waals surface area contributed by atoms with E-state index in [0.717, 1.165) is 0 Å². The standard InChI is InChI=1S/C11H14IN5O5/c1-21-16-8-5-9(15-11(12)14-8)17(3-13-5)10-7(20)6(19)4(2-18)22-10/h3-4,6-7,10,18-20H,2H2,1H3,(H,14,15,16). The van der Waals surface area contributed by atoms with E-state index < -0.39 is 31.1 Å². The van der Waals surface area contributed by atoms with Gasteiger partial charge in [0.2, 0.25) is 0 Å². The van der Waals surface area contributed by atoms with E-state index in [1.54, 1.807) is 0 Å². The normalized spacial score (nSPS) is 28.4. The number of rotatable bonds is 4. The van der Waals surface area contributed by atoms with E-state index in [1.807, 2.05) is 22.6 Å². The number of nitrogens with one attached hydrogen (secondary N) is 1. The van der Waals surface area contributed by atoms with Crippen LogP contribution in [0.2, 0.25) is 0 Å². The third kappa shape index (κ3) is 2.53. The predicted octanol–water partition coefficient (Wildman–Crippen LogP) is -0.984. The largest absolute Gasteiger partial charge is 0.394 e. The molecular weight excluding hydrogens is 409 g/mol. The van der Waals surface area contributed by atoms with E-state index >= 15 is 0 Å². The van der Waals surface area contributed by atoms with Gasteiger partial charge in [0.15, 0.2) is 27.0 Å². The fourth-order valence-electron chi connectivity index (χ4n) is 2.35. The van der Waals surface area contributed by atoms with Gasteiger partial charge in [0, 0.05) is 22.6 Å². The lowest BCUT2D eigenvalue weighted by Gasteiger charge is -2.16. The van der Waals surface area contributed by atoms with E-state index in [0.29, 0.717) is 20.8 Å². The topological polar surface area (TPSA) is 135 Å². The van der Waals surface area contributed by atoms with Crippen LogP contribution in [-0.4, -0.2) is 66.9 Å². The lowest BCUT2D eigenvalue weighted by atomic mass is 10.1. The summed E-state index contributed by atoms with van der Waals surface area (Å²) >= 11 is 1.94. The van der Waals surface area contributed by atoms with E-state index in [9.17, 15) is 10.2 Å². The monoisotopic (exact) mass is 423 g/mol. The molecule has 22 heavy (non-hydrogen) atoms. The van der Waals surface area contributed by atoms with E-state index in [-0.39, 0.29) is 0 Å². The van der Waals surface area contributed by atoms with E-state index in [4.69, 9.17) is 14.7 Å². The third-order valence-electron chi connectivity index (χ3n) is 3.38. The molecule has 1 aliphatic rings. The van der Waals surface area contributed by atoms with Gasteiger partial charge in [-0.2, -0.15) is 0 Å². The van der Waals surface area contributed by atoms with Crippen LogP contribution in [0, 0.1) is 3.83 Å². The molecule has 0 spiro atoms. The molecule has 0 aliphatic carbocycles. The number of hydrogen-bond donors (Lipinski definition) is 4. The van der Waals surface area contributed by atoms with Crippen molar-refractivity contribution in [3.05, 3.63) is 10.2 Å². The van der Waals surface area contributed by atoms with Gasteiger partial charge < -0.3 is 20.1 Å². The third-order valence-corrected chi connectivity index (χ3v) is 3.87. The molecule has 11 heteroatoms. The van der Waals surface area contributed by atoms with Crippen molar-refractivity contribution in [1.82, 2.24) is 19.5 Å². The van der Waals surface area contributed by atoms with Crippen molar-refractivity contribution in [3.8, 4) is 0 Å². The lowest BCUT2D eigenvalue weighted by molar-refractivity contribution is -0.0511. The molecule has 3 rings (SSSR count). The van der Waals surface area contributed by atoms with Gasteiger partial charge in [-0.15, -0.1) is 0 Å². The van der Waals surface area contributed by atoms with Crippen molar-refractivity contribution in [2.24, 2.45) is 0 Å². The summed E-state index contributed by atoms with van der Waals surface area (Å²) in [6, 6.07) is 0. The minimum Gasteiger partial charge on any atom is -0.394 e. The quantitative estimate of drug-likeness (QED) is 0.278. The Bertz CT molecular complexity index is 682. The van der Waals surface area contributed by atoms with Crippen molar-refractivity contribution >= 4 is 39.6 Å². The Labute approximate surface area is 138 Å². The summed E-state index contributed by atoms with van der Waals surface area (Å²) in [7, 11) is 1.45. The number of anilines is 1. The first kappa shape index (κ1) is 15.8. The van der Waals surface area contributed by atoms with E-state index in [1.165, 1.54) is 18.0 Å². The van der Waals surface area contributed by atoms with Crippen molar-refractivity contribution in [2.75, 3.05) is 19.2 Å². The van der Waals surface area contributed by atoms with Gasteiger partial charge >= 0.3 is 0 Å². The van der Waals surface area contributed by atoms with Crippen LogP contribution in [0.3, 0.4) is 0 Å². The highest BCUT2D eigenvalue weighted by atomic mass is 127. The van der Waals surface area contributed by atoms with Crippen LogP contribution in [0.1, 0.15) is 6.23 Å². The summed E-state index contributed by atoms with van der Waals surface area (Å²) < 4.78 is 7.42. The highest BCUT2D eigenvalue weighted by molar-refractivity contribution is 14.1. The SMILES string of the molecule is CONc1nc(I)nc2c1ncn2C1OC(CO)C(O)C1O. The molecule has 1 saturated heterocycles. The minimum absolute atomic E-state index is 0.377. The average molecular weight is 423 g/mol. The Kier molecular flexibility index (Phi) is 4.42. The van der Waals surface area contributed by atoms with Crippen LogP contribution in [0.4, 0.5) is 5.82 Å². The molecule has 1 aliphatic heterocycles. The molecular formula is C11H14IN5O5. The Hall–Kier alpha value is -1.12. The molecule has 2 aromatic heterocycles. The Balaban J connectivity index is 2.05. The summed E-state index contributed by atoms with van der Waals surface area (Å²) in [6.07, 6.45) is -2.74. The van der Waals surface area contributed by atoms with Crippen molar-refractivity contribution in [2.45, 2.75) is 24.5 Å². The molecule has 1 fully saturated rings. The zero-order valence-electron chi connectivity index (χ0n) is 11.4. The number of halogens is 1. The van der Waals surface area contributed by atoms with Gasteiger partial charge in [0.25, 0.3) is 0 Å². The lowest BCUT2D eigenvalue weighted by Crippen LogP contribution is -2.33. The summed E-state index contributed by atoms with van der Waals surface area (Å²) in [5, 5.41) is 29.1. The fourth-order valence-corrected chi connectivity index (χ4v) is 2.82. The number of nitrogens with zero attached hydrogens (tertiary/aromatic N) is 4. The highest BCUT2D eigenvalue weighted by Gasteiger charge is 2.44. The minimum atomic E-state index is -1.21. The van der Waals surface area contributed by atoms with Crippen LogP contribution in [0.5, 0.6) is 0 Å². The number of ether oxygens (including phenoxy) is 1. The van der Waals surface area contributed by atoms with Gasteiger partial charge in [-0.3, -0.25) is 9.40 Å². The molecule has 120 valence electrons. The summed E-state index contributed by atoms with van der Waals surface area (Å²) in [5.41, 5.74) is 3.45. The second-order valence-electron chi connectivity index (χ2n) is 4.70. The van der Waals surface area contributed by atoms with Crippen LogP contribution >= 0.6 is 22.6 Å². The smallest absolute Gasteiger partial charge is 0.194 e. The number of hydrogen-bond acceptors (Lipinski definition) is 9. The first-order valence-electron chi connectivity index (χ1n) is 6.38. The maximum atomic E-state index is 10.1. The molecule has 0 aromatic carbocycles. The molecule has 4 N–H and O–H groups in total. The Morgan fingerprint density at radius 2 is 2.18 bits per heavy atom. The zero-order chi connectivity index (χ0) is 15.9. The van der Waals surface area contributed by atoms with Gasteiger partial charge in [0.1, 0.15) is 18.3 Å². The van der Waals surface area contributed by atoms with Gasteiger partial charge in [0.05, 0.1) is 20.0 Å². The van der Waals surface area contributed by atoms with Crippen LogP contribution in [0.15, 0.2) is 6.33 Å². The highest BCUT2D eigenvalue weighted by Crippen LogP contribution is 2.32. The molecule has 10 nitrogen and oxygen atoms in total. The molecule has 2 aromatic rings. The van der Waals surface area contributed by atoms with Gasteiger partial charge in [-0.05, 0) is 0 Å². The molecule has 0 saturated carbocycles. The first-order chi connectivity index (χ1) is 10.6. The number of aliphatic hydroxyl groups is 3. The maximum Gasteiger partial charge on any atom is 0.194 e. The molecule has 4 atom stereocenters. The zero-order valence-corrected chi connectivity index (χ0v) is 13.6. The van der Waals surface area contributed by atoms with E-state index in [2.05, 4.69) is 20.4 Å². The Morgan fingerprint density at radius 1 is 1.41 bits per heavy atom. The second-order valence-corrected chi connectivity index (χ2v) is 5.67. The predicted molar refractivity (Wildman–Crippen MR) is 81.7 cm³/mol.